The topological polar surface area (TPSA) is 76.3 Å². The van der Waals surface area contributed by atoms with E-state index in [1.807, 2.05) is 30.3 Å². The zero-order chi connectivity index (χ0) is 18.5. The molecule has 0 aliphatic carbocycles. The van der Waals surface area contributed by atoms with E-state index in [1.54, 1.807) is 0 Å². The second kappa shape index (κ2) is 8.22. The monoisotopic (exact) mass is 363 g/mol. The molecule has 6 nitrogen and oxygen atoms in total. The summed E-state index contributed by atoms with van der Waals surface area (Å²) in [6, 6.07) is 14.0. The average Bonchev–Trinajstić information content (AvgIpc) is 2.72. The van der Waals surface area contributed by atoms with Crippen molar-refractivity contribution in [1.29, 1.82) is 0 Å². The first-order valence-electron chi connectivity index (χ1n) is 9.53. The fourth-order valence-electron chi connectivity index (χ4n) is 3.51. The number of anilines is 2. The second-order valence-electron chi connectivity index (χ2n) is 6.85. The summed E-state index contributed by atoms with van der Waals surface area (Å²) in [6.07, 6.45) is 5.41. The SMILES string of the molecule is Nc1c(NCCN2CCCCC2)ncnc1Oc1cccc2ccccc12. The molecular formula is C21H25N5O. The zero-order valence-electron chi connectivity index (χ0n) is 15.4. The summed E-state index contributed by atoms with van der Waals surface area (Å²) >= 11 is 0. The Labute approximate surface area is 159 Å². The van der Waals surface area contributed by atoms with E-state index in [-0.39, 0.29) is 0 Å². The Balaban J connectivity index is 1.46. The molecule has 27 heavy (non-hydrogen) atoms. The third-order valence-corrected chi connectivity index (χ3v) is 4.97. The molecule has 2 aromatic carbocycles. The number of ether oxygens (including phenoxy) is 1. The minimum Gasteiger partial charge on any atom is -0.436 e. The maximum atomic E-state index is 6.27. The van der Waals surface area contributed by atoms with Crippen LogP contribution in [0.25, 0.3) is 10.8 Å². The number of nitrogens with one attached hydrogen (secondary N) is 1. The summed E-state index contributed by atoms with van der Waals surface area (Å²) < 4.78 is 6.03. The van der Waals surface area contributed by atoms with Gasteiger partial charge in [0, 0.05) is 18.5 Å². The maximum Gasteiger partial charge on any atom is 0.248 e. The molecule has 1 fully saturated rings. The van der Waals surface area contributed by atoms with Crippen LogP contribution in [0.5, 0.6) is 11.6 Å². The number of likely N-dealkylation sites (tertiary alicyclic amines) is 1. The van der Waals surface area contributed by atoms with Crippen LogP contribution < -0.4 is 15.8 Å². The molecule has 1 aliphatic heterocycles. The average molecular weight is 363 g/mol. The lowest BCUT2D eigenvalue weighted by molar-refractivity contribution is 0.237. The molecule has 1 saturated heterocycles. The number of aromatic nitrogens is 2. The molecule has 1 aromatic heterocycles. The van der Waals surface area contributed by atoms with E-state index in [4.69, 9.17) is 10.5 Å². The molecule has 0 atom stereocenters. The minimum absolute atomic E-state index is 0.377. The molecule has 6 heteroatoms. The van der Waals surface area contributed by atoms with Gasteiger partial charge in [0.15, 0.2) is 5.82 Å². The fraction of sp³-hybridized carbons (Fsp3) is 0.333. The Kier molecular flexibility index (Phi) is 5.34. The van der Waals surface area contributed by atoms with E-state index in [0.717, 1.165) is 29.6 Å². The van der Waals surface area contributed by atoms with Gasteiger partial charge in [0.1, 0.15) is 17.8 Å². The van der Waals surface area contributed by atoms with Crippen LogP contribution in [0.2, 0.25) is 0 Å². The number of nitrogens with zero attached hydrogens (tertiary/aromatic N) is 3. The van der Waals surface area contributed by atoms with Crippen molar-refractivity contribution in [3.05, 3.63) is 48.8 Å². The van der Waals surface area contributed by atoms with Crippen LogP contribution in [0.1, 0.15) is 19.3 Å². The van der Waals surface area contributed by atoms with Crippen molar-refractivity contribution in [1.82, 2.24) is 14.9 Å². The first-order valence-corrected chi connectivity index (χ1v) is 9.53. The summed E-state index contributed by atoms with van der Waals surface area (Å²) in [4.78, 5) is 11.0. The normalized spacial score (nSPS) is 15.0. The second-order valence-corrected chi connectivity index (χ2v) is 6.85. The Morgan fingerprint density at radius 1 is 1.00 bits per heavy atom. The van der Waals surface area contributed by atoms with Crippen LogP contribution in [0.4, 0.5) is 11.5 Å². The van der Waals surface area contributed by atoms with Gasteiger partial charge in [-0.1, -0.05) is 42.8 Å². The van der Waals surface area contributed by atoms with Gasteiger partial charge < -0.3 is 20.7 Å². The van der Waals surface area contributed by atoms with Crippen LogP contribution in [-0.4, -0.2) is 41.0 Å². The van der Waals surface area contributed by atoms with Gasteiger partial charge in [-0.3, -0.25) is 0 Å². The first-order chi connectivity index (χ1) is 13.3. The third-order valence-electron chi connectivity index (χ3n) is 4.97. The smallest absolute Gasteiger partial charge is 0.248 e. The van der Waals surface area contributed by atoms with Crippen molar-refractivity contribution in [2.45, 2.75) is 19.3 Å². The van der Waals surface area contributed by atoms with Gasteiger partial charge >= 0.3 is 0 Å². The summed E-state index contributed by atoms with van der Waals surface area (Å²) in [7, 11) is 0. The van der Waals surface area contributed by atoms with E-state index >= 15 is 0 Å². The summed E-state index contributed by atoms with van der Waals surface area (Å²) in [5.41, 5.74) is 6.70. The Bertz CT molecular complexity index is 903. The molecule has 0 spiro atoms. The van der Waals surface area contributed by atoms with Crippen LogP contribution in [0.15, 0.2) is 48.8 Å². The van der Waals surface area contributed by atoms with Crippen molar-refractivity contribution >= 4 is 22.3 Å². The number of fused-ring (bicyclic) bond motifs is 1. The van der Waals surface area contributed by atoms with Crippen LogP contribution in [0, 0.1) is 0 Å². The van der Waals surface area contributed by atoms with E-state index < -0.39 is 0 Å². The highest BCUT2D eigenvalue weighted by Gasteiger charge is 2.13. The molecular weight excluding hydrogens is 338 g/mol. The molecule has 0 bridgehead atoms. The molecule has 3 aromatic rings. The van der Waals surface area contributed by atoms with Gasteiger partial charge in [0.2, 0.25) is 5.88 Å². The van der Waals surface area contributed by atoms with Gasteiger partial charge in [-0.05, 0) is 37.4 Å². The van der Waals surface area contributed by atoms with Crippen molar-refractivity contribution in [3.8, 4) is 11.6 Å². The largest absolute Gasteiger partial charge is 0.436 e. The van der Waals surface area contributed by atoms with Crippen molar-refractivity contribution < 1.29 is 4.74 Å². The Hall–Kier alpha value is -2.86. The van der Waals surface area contributed by atoms with Gasteiger partial charge in [-0.15, -0.1) is 0 Å². The van der Waals surface area contributed by atoms with E-state index in [1.165, 1.54) is 38.7 Å². The predicted molar refractivity (Wildman–Crippen MR) is 109 cm³/mol. The summed E-state index contributed by atoms with van der Waals surface area (Å²) in [5.74, 6) is 1.73. The molecule has 1 aliphatic rings. The first kappa shape index (κ1) is 17.5. The number of rotatable bonds is 6. The van der Waals surface area contributed by atoms with Gasteiger partial charge in [-0.2, -0.15) is 4.98 Å². The van der Waals surface area contributed by atoms with Gasteiger partial charge in [0.25, 0.3) is 0 Å². The molecule has 0 unspecified atom stereocenters. The third kappa shape index (κ3) is 4.11. The van der Waals surface area contributed by atoms with Gasteiger partial charge in [-0.25, -0.2) is 4.98 Å². The fourth-order valence-corrected chi connectivity index (χ4v) is 3.51. The number of benzene rings is 2. The van der Waals surface area contributed by atoms with Crippen LogP contribution in [-0.2, 0) is 0 Å². The highest BCUT2D eigenvalue weighted by Crippen LogP contribution is 2.33. The number of hydrogen-bond acceptors (Lipinski definition) is 6. The zero-order valence-corrected chi connectivity index (χ0v) is 15.4. The number of piperidine rings is 1. The van der Waals surface area contributed by atoms with Gasteiger partial charge in [0.05, 0.1) is 0 Å². The highest BCUT2D eigenvalue weighted by atomic mass is 16.5. The minimum atomic E-state index is 0.377. The molecule has 0 radical (unpaired) electrons. The quantitative estimate of drug-likeness (QED) is 0.692. The molecule has 4 rings (SSSR count). The van der Waals surface area contributed by atoms with E-state index in [2.05, 4.69) is 32.3 Å². The maximum absolute atomic E-state index is 6.27. The number of nitrogens with two attached hydrogens (primary N) is 1. The summed E-state index contributed by atoms with van der Waals surface area (Å²) in [5, 5.41) is 5.46. The number of nitrogen functional groups attached to an aromatic ring is 1. The number of hydrogen-bond donors (Lipinski definition) is 2. The highest BCUT2D eigenvalue weighted by molar-refractivity contribution is 5.88. The van der Waals surface area contributed by atoms with Crippen molar-refractivity contribution in [3.63, 3.8) is 0 Å². The van der Waals surface area contributed by atoms with E-state index in [0.29, 0.717) is 17.4 Å². The predicted octanol–water partition coefficient (Wildman–Crippen LogP) is 3.90. The lowest BCUT2D eigenvalue weighted by atomic mass is 10.1. The van der Waals surface area contributed by atoms with Crippen molar-refractivity contribution in [2.24, 2.45) is 0 Å². The van der Waals surface area contributed by atoms with Crippen LogP contribution >= 0.6 is 0 Å². The Morgan fingerprint density at radius 2 is 1.81 bits per heavy atom. The lowest BCUT2D eigenvalue weighted by Crippen LogP contribution is -2.33. The Morgan fingerprint density at radius 3 is 2.70 bits per heavy atom. The molecule has 0 amide bonds. The molecule has 3 N–H and O–H groups in total. The van der Waals surface area contributed by atoms with Crippen LogP contribution in [0.3, 0.4) is 0 Å². The molecule has 140 valence electrons. The van der Waals surface area contributed by atoms with E-state index in [9.17, 15) is 0 Å². The van der Waals surface area contributed by atoms with Crippen molar-refractivity contribution in [2.75, 3.05) is 37.2 Å². The lowest BCUT2D eigenvalue weighted by Gasteiger charge is -2.26. The molecule has 2 heterocycles. The molecule has 0 saturated carbocycles. The standard InChI is InChI=1S/C21H25N5O/c22-19-20(23-11-14-26-12-4-1-5-13-26)24-15-25-21(19)27-18-10-6-8-16-7-2-3-9-17(16)18/h2-3,6-10,15H,1,4-5,11-14,22H2,(H,23,24,25). The summed E-state index contributed by atoms with van der Waals surface area (Å²) in [6.45, 7) is 4.14.